The van der Waals surface area contributed by atoms with Gasteiger partial charge in [-0.15, -0.1) is 0 Å². The molecule has 29 heavy (non-hydrogen) atoms. The third kappa shape index (κ3) is 5.64. The highest BCUT2D eigenvalue weighted by Crippen LogP contribution is 2.32. The minimum Gasteiger partial charge on any atom is -0.495 e. The van der Waals surface area contributed by atoms with Crippen LogP contribution in [0.3, 0.4) is 0 Å². The van der Waals surface area contributed by atoms with Gasteiger partial charge in [-0.2, -0.15) is 0 Å². The molecular formula is C21H27ClN2O4S. The number of aryl methyl sites for hydroxylation is 1. The summed E-state index contributed by atoms with van der Waals surface area (Å²) in [6.07, 6.45) is 1.37. The maximum atomic E-state index is 13.0. The standard InChI is InChI=1S/C21H27ClN2O4S/c1-6-19(21(25)23-15(3)16-9-7-14(2)8-10-16)24(29(5,26)27)17-11-12-20(28-4)18(22)13-17/h7-13,15,19H,6H2,1-5H3,(H,23,25)/t15-,19-/m1/s1. The van der Waals surface area contributed by atoms with Gasteiger partial charge in [0.05, 0.1) is 30.1 Å². The molecule has 0 aliphatic heterocycles. The van der Waals surface area contributed by atoms with Crippen molar-refractivity contribution in [3.05, 3.63) is 58.6 Å². The van der Waals surface area contributed by atoms with Crippen LogP contribution in [0.1, 0.15) is 37.4 Å². The Morgan fingerprint density at radius 3 is 2.31 bits per heavy atom. The molecule has 0 aliphatic rings. The molecule has 0 aromatic heterocycles. The molecule has 2 aromatic rings. The van der Waals surface area contributed by atoms with Crippen LogP contribution in [0.25, 0.3) is 0 Å². The lowest BCUT2D eigenvalue weighted by atomic mass is 10.1. The minimum atomic E-state index is -3.74. The Balaban J connectivity index is 2.34. The Labute approximate surface area is 177 Å². The van der Waals surface area contributed by atoms with Gasteiger partial charge in [-0.1, -0.05) is 48.4 Å². The molecule has 1 amide bonds. The maximum Gasteiger partial charge on any atom is 0.244 e. The third-order valence-electron chi connectivity index (χ3n) is 4.66. The monoisotopic (exact) mass is 438 g/mol. The smallest absolute Gasteiger partial charge is 0.244 e. The fourth-order valence-electron chi connectivity index (χ4n) is 3.10. The molecular weight excluding hydrogens is 412 g/mol. The summed E-state index contributed by atoms with van der Waals surface area (Å²) in [5.74, 6) is 0.0484. The molecule has 6 nitrogen and oxygen atoms in total. The van der Waals surface area contributed by atoms with Crippen LogP contribution in [-0.2, 0) is 14.8 Å². The third-order valence-corrected chi connectivity index (χ3v) is 6.13. The van der Waals surface area contributed by atoms with Crippen LogP contribution < -0.4 is 14.4 Å². The Morgan fingerprint density at radius 1 is 1.21 bits per heavy atom. The summed E-state index contributed by atoms with van der Waals surface area (Å²) >= 11 is 6.18. The van der Waals surface area contributed by atoms with E-state index in [0.717, 1.165) is 21.7 Å². The van der Waals surface area contributed by atoms with Crippen LogP contribution in [0.2, 0.25) is 5.02 Å². The minimum absolute atomic E-state index is 0.266. The average Bonchev–Trinajstić information content (AvgIpc) is 2.65. The number of nitrogens with one attached hydrogen (secondary N) is 1. The Morgan fingerprint density at radius 2 is 1.83 bits per heavy atom. The molecule has 0 bridgehead atoms. The molecule has 2 aromatic carbocycles. The van der Waals surface area contributed by atoms with E-state index in [2.05, 4.69) is 5.32 Å². The first-order valence-electron chi connectivity index (χ1n) is 9.28. The molecule has 0 unspecified atom stereocenters. The van der Waals surface area contributed by atoms with E-state index in [-0.39, 0.29) is 17.0 Å². The van der Waals surface area contributed by atoms with Gasteiger partial charge < -0.3 is 10.1 Å². The summed E-state index contributed by atoms with van der Waals surface area (Å²) in [7, 11) is -2.27. The van der Waals surface area contributed by atoms with Gasteiger partial charge in [-0.3, -0.25) is 9.10 Å². The second kappa shape index (κ2) is 9.50. The first-order valence-corrected chi connectivity index (χ1v) is 11.5. The zero-order chi connectivity index (χ0) is 21.8. The lowest BCUT2D eigenvalue weighted by molar-refractivity contribution is -0.122. The van der Waals surface area contributed by atoms with Crippen molar-refractivity contribution in [2.75, 3.05) is 17.7 Å². The summed E-state index contributed by atoms with van der Waals surface area (Å²) in [5, 5.41) is 3.19. The Kier molecular flexibility index (Phi) is 7.54. The predicted molar refractivity (Wildman–Crippen MR) is 117 cm³/mol. The number of methoxy groups -OCH3 is 1. The van der Waals surface area contributed by atoms with Crippen LogP contribution >= 0.6 is 11.6 Å². The number of carbonyl (C=O) groups is 1. The molecule has 8 heteroatoms. The van der Waals surface area contributed by atoms with Crippen LogP contribution in [0.4, 0.5) is 5.69 Å². The quantitative estimate of drug-likeness (QED) is 0.673. The Bertz CT molecular complexity index is 961. The number of benzene rings is 2. The van der Waals surface area contributed by atoms with Crippen LogP contribution in [0.5, 0.6) is 5.75 Å². The van der Waals surface area contributed by atoms with Crippen molar-refractivity contribution >= 4 is 33.2 Å². The predicted octanol–water partition coefficient (Wildman–Crippen LogP) is 4.08. The van der Waals surface area contributed by atoms with E-state index >= 15 is 0 Å². The van der Waals surface area contributed by atoms with E-state index in [0.29, 0.717) is 17.9 Å². The van der Waals surface area contributed by atoms with Crippen LogP contribution in [0, 0.1) is 6.92 Å². The first kappa shape index (κ1) is 23.0. The molecule has 0 heterocycles. The Hall–Kier alpha value is -2.25. The molecule has 1 N–H and O–H groups in total. The maximum absolute atomic E-state index is 13.0. The van der Waals surface area contributed by atoms with Gasteiger partial charge in [0, 0.05) is 0 Å². The molecule has 0 aliphatic carbocycles. The fraction of sp³-hybridized carbons (Fsp3) is 0.381. The van der Waals surface area contributed by atoms with Gasteiger partial charge in [0.25, 0.3) is 0 Å². The van der Waals surface area contributed by atoms with Gasteiger partial charge in [0.2, 0.25) is 15.9 Å². The van der Waals surface area contributed by atoms with Crippen molar-refractivity contribution in [2.24, 2.45) is 0 Å². The number of hydrogen-bond acceptors (Lipinski definition) is 4. The largest absolute Gasteiger partial charge is 0.495 e. The van der Waals surface area contributed by atoms with E-state index in [4.69, 9.17) is 16.3 Å². The van der Waals surface area contributed by atoms with Gasteiger partial charge in [-0.05, 0) is 44.0 Å². The number of sulfonamides is 1. The van der Waals surface area contributed by atoms with Crippen LogP contribution in [0.15, 0.2) is 42.5 Å². The number of nitrogens with zero attached hydrogens (tertiary/aromatic N) is 1. The average molecular weight is 439 g/mol. The van der Waals surface area contributed by atoms with Gasteiger partial charge in [0.1, 0.15) is 11.8 Å². The molecule has 0 fully saturated rings. The fourth-order valence-corrected chi connectivity index (χ4v) is 4.56. The van der Waals surface area contributed by atoms with Crippen molar-refractivity contribution in [2.45, 2.75) is 39.3 Å². The van der Waals surface area contributed by atoms with E-state index in [1.807, 2.05) is 38.1 Å². The number of rotatable bonds is 8. The lowest BCUT2D eigenvalue weighted by Gasteiger charge is -2.31. The second-order valence-electron chi connectivity index (χ2n) is 6.94. The summed E-state index contributed by atoms with van der Waals surface area (Å²) in [4.78, 5) is 13.0. The molecule has 0 saturated carbocycles. The summed E-state index contributed by atoms with van der Waals surface area (Å²) in [6.45, 7) is 5.62. The van der Waals surface area contributed by atoms with Crippen molar-refractivity contribution in [3.8, 4) is 5.75 Å². The van der Waals surface area contributed by atoms with Crippen LogP contribution in [-0.4, -0.2) is 33.7 Å². The van der Waals surface area contributed by atoms with Crippen molar-refractivity contribution in [1.29, 1.82) is 0 Å². The molecule has 0 spiro atoms. The summed E-state index contributed by atoms with van der Waals surface area (Å²) in [6, 6.07) is 11.3. The zero-order valence-electron chi connectivity index (χ0n) is 17.3. The number of amides is 1. The summed E-state index contributed by atoms with van der Waals surface area (Å²) in [5.41, 5.74) is 2.37. The number of hydrogen-bond donors (Lipinski definition) is 1. The second-order valence-corrected chi connectivity index (χ2v) is 9.21. The first-order chi connectivity index (χ1) is 13.6. The number of carbonyl (C=O) groups excluding carboxylic acids is 1. The molecule has 0 radical (unpaired) electrons. The highest BCUT2D eigenvalue weighted by Gasteiger charge is 2.32. The van der Waals surface area contributed by atoms with E-state index < -0.39 is 16.1 Å². The van der Waals surface area contributed by atoms with Crippen molar-refractivity contribution in [1.82, 2.24) is 5.32 Å². The highest BCUT2D eigenvalue weighted by molar-refractivity contribution is 7.92. The van der Waals surface area contributed by atoms with Gasteiger partial charge in [0.15, 0.2) is 0 Å². The normalized spacial score (nSPS) is 13.4. The number of halogens is 1. The van der Waals surface area contributed by atoms with E-state index in [1.165, 1.54) is 13.2 Å². The van der Waals surface area contributed by atoms with Crippen molar-refractivity contribution < 1.29 is 17.9 Å². The molecule has 2 rings (SSSR count). The van der Waals surface area contributed by atoms with E-state index in [9.17, 15) is 13.2 Å². The van der Waals surface area contributed by atoms with Crippen molar-refractivity contribution in [3.63, 3.8) is 0 Å². The van der Waals surface area contributed by atoms with Gasteiger partial charge in [-0.25, -0.2) is 8.42 Å². The zero-order valence-corrected chi connectivity index (χ0v) is 18.8. The molecule has 0 saturated heterocycles. The topological polar surface area (TPSA) is 75.7 Å². The molecule has 158 valence electrons. The lowest BCUT2D eigenvalue weighted by Crippen LogP contribution is -2.49. The number of ether oxygens (including phenoxy) is 1. The summed E-state index contributed by atoms with van der Waals surface area (Å²) < 4.78 is 31.4. The van der Waals surface area contributed by atoms with E-state index in [1.54, 1.807) is 19.1 Å². The highest BCUT2D eigenvalue weighted by atomic mass is 35.5. The van der Waals surface area contributed by atoms with Gasteiger partial charge >= 0.3 is 0 Å². The number of anilines is 1. The SMILES string of the molecule is CC[C@H](C(=O)N[C@H](C)c1ccc(C)cc1)N(c1ccc(OC)c(Cl)c1)S(C)(=O)=O. The molecule has 2 atom stereocenters.